The van der Waals surface area contributed by atoms with E-state index in [0.717, 1.165) is 38.6 Å². The van der Waals surface area contributed by atoms with Crippen LogP contribution in [0.1, 0.15) is 45.4 Å². The van der Waals surface area contributed by atoms with Crippen molar-refractivity contribution in [2.75, 3.05) is 13.2 Å². The number of hydrogen-bond acceptors (Lipinski definition) is 3. The number of amides is 1. The van der Waals surface area contributed by atoms with Crippen LogP contribution in [-0.4, -0.2) is 25.5 Å². The number of ether oxygens (including phenoxy) is 1. The number of nitrogens with one attached hydrogen (secondary N) is 1. The fraction of sp³-hybridized carbons (Fsp3) is 0.818. The fourth-order valence-corrected chi connectivity index (χ4v) is 1.20. The summed E-state index contributed by atoms with van der Waals surface area (Å²) in [5.41, 5.74) is 0. The molecule has 0 bridgehead atoms. The monoisotopic (exact) mass is 215 g/mol. The summed E-state index contributed by atoms with van der Waals surface area (Å²) in [7, 11) is 0. The molecule has 0 unspecified atom stereocenters. The second-order valence-electron chi connectivity index (χ2n) is 3.46. The molecule has 4 nitrogen and oxygen atoms in total. The molecule has 0 rings (SSSR count). The molecule has 15 heavy (non-hydrogen) atoms. The average Bonchev–Trinajstić information content (AvgIpc) is 2.25. The van der Waals surface area contributed by atoms with E-state index in [2.05, 4.69) is 5.32 Å². The normalized spacial score (nSPS) is 9.67. The smallest absolute Gasteiger partial charge is 0.305 e. The number of carbonyl (C=O) groups excluding carboxylic acids is 2. The highest BCUT2D eigenvalue weighted by Gasteiger charge is 2.00. The van der Waals surface area contributed by atoms with Crippen molar-refractivity contribution in [3.8, 4) is 0 Å². The molecule has 0 aliphatic carbocycles. The van der Waals surface area contributed by atoms with E-state index >= 15 is 0 Å². The summed E-state index contributed by atoms with van der Waals surface area (Å²) in [5, 5.41) is 2.60. The SMILES string of the molecule is CCCOC(=O)CCCCCCNC=O. The number of rotatable bonds is 10. The predicted octanol–water partition coefficient (Wildman–Crippen LogP) is 1.64. The van der Waals surface area contributed by atoms with Crippen LogP contribution < -0.4 is 5.32 Å². The highest BCUT2D eigenvalue weighted by atomic mass is 16.5. The predicted molar refractivity (Wildman–Crippen MR) is 58.4 cm³/mol. The lowest BCUT2D eigenvalue weighted by molar-refractivity contribution is -0.143. The summed E-state index contributed by atoms with van der Waals surface area (Å²) in [6.07, 6.45) is 6.02. The zero-order chi connectivity index (χ0) is 11.4. The fourth-order valence-electron chi connectivity index (χ4n) is 1.20. The van der Waals surface area contributed by atoms with E-state index in [1.807, 2.05) is 6.92 Å². The van der Waals surface area contributed by atoms with Crippen LogP contribution in [0.2, 0.25) is 0 Å². The maximum Gasteiger partial charge on any atom is 0.305 e. The molecule has 0 aromatic carbocycles. The standard InChI is InChI=1S/C11H21NO3/c1-2-9-15-11(14)7-5-3-4-6-8-12-10-13/h10H,2-9H2,1H3,(H,12,13). The first-order valence-corrected chi connectivity index (χ1v) is 5.64. The van der Waals surface area contributed by atoms with Crippen LogP contribution in [0.3, 0.4) is 0 Å². The summed E-state index contributed by atoms with van der Waals surface area (Å²) in [4.78, 5) is 21.0. The summed E-state index contributed by atoms with van der Waals surface area (Å²) in [6, 6.07) is 0. The highest BCUT2D eigenvalue weighted by molar-refractivity contribution is 5.69. The minimum atomic E-state index is -0.0946. The second kappa shape index (κ2) is 11.0. The van der Waals surface area contributed by atoms with Gasteiger partial charge in [-0.1, -0.05) is 19.8 Å². The van der Waals surface area contributed by atoms with Crippen molar-refractivity contribution in [1.29, 1.82) is 0 Å². The van der Waals surface area contributed by atoms with Crippen LogP contribution in [-0.2, 0) is 14.3 Å². The number of esters is 1. The molecule has 0 aliphatic rings. The molecular weight excluding hydrogens is 194 g/mol. The van der Waals surface area contributed by atoms with Crippen LogP contribution in [0.15, 0.2) is 0 Å². The van der Waals surface area contributed by atoms with Crippen LogP contribution in [0.4, 0.5) is 0 Å². The maximum atomic E-state index is 11.1. The molecule has 0 aliphatic heterocycles. The first-order chi connectivity index (χ1) is 7.31. The highest BCUT2D eigenvalue weighted by Crippen LogP contribution is 2.03. The van der Waals surface area contributed by atoms with Crippen molar-refractivity contribution in [3.05, 3.63) is 0 Å². The molecule has 1 amide bonds. The maximum absolute atomic E-state index is 11.1. The lowest BCUT2D eigenvalue weighted by Crippen LogP contribution is -2.11. The van der Waals surface area contributed by atoms with Gasteiger partial charge < -0.3 is 10.1 Å². The van der Waals surface area contributed by atoms with E-state index in [1.165, 1.54) is 0 Å². The van der Waals surface area contributed by atoms with Gasteiger partial charge in [0.2, 0.25) is 6.41 Å². The van der Waals surface area contributed by atoms with Crippen LogP contribution >= 0.6 is 0 Å². The Morgan fingerprint density at radius 3 is 2.67 bits per heavy atom. The van der Waals surface area contributed by atoms with Gasteiger partial charge in [0.15, 0.2) is 0 Å². The van der Waals surface area contributed by atoms with Crippen molar-refractivity contribution in [3.63, 3.8) is 0 Å². The Morgan fingerprint density at radius 1 is 1.27 bits per heavy atom. The summed E-state index contributed by atoms with van der Waals surface area (Å²) in [5.74, 6) is -0.0946. The van der Waals surface area contributed by atoms with Gasteiger partial charge in [-0.25, -0.2) is 0 Å². The molecule has 0 saturated heterocycles. The van der Waals surface area contributed by atoms with Gasteiger partial charge in [0.1, 0.15) is 0 Å². The Morgan fingerprint density at radius 2 is 2.00 bits per heavy atom. The first kappa shape index (κ1) is 13.9. The summed E-state index contributed by atoms with van der Waals surface area (Å²) >= 11 is 0. The van der Waals surface area contributed by atoms with Crippen molar-refractivity contribution < 1.29 is 14.3 Å². The van der Waals surface area contributed by atoms with Crippen molar-refractivity contribution >= 4 is 12.4 Å². The topological polar surface area (TPSA) is 55.4 Å². The lowest BCUT2D eigenvalue weighted by atomic mass is 10.1. The van der Waals surface area contributed by atoms with Crippen molar-refractivity contribution in [2.24, 2.45) is 0 Å². The van der Waals surface area contributed by atoms with Gasteiger partial charge in [0, 0.05) is 13.0 Å². The number of carbonyl (C=O) groups is 2. The number of unbranched alkanes of at least 4 members (excludes halogenated alkanes) is 3. The molecule has 0 radical (unpaired) electrons. The van der Waals surface area contributed by atoms with Gasteiger partial charge in [-0.15, -0.1) is 0 Å². The van der Waals surface area contributed by atoms with Gasteiger partial charge in [-0.3, -0.25) is 9.59 Å². The molecule has 0 aromatic rings. The molecular formula is C11H21NO3. The van der Waals surface area contributed by atoms with Crippen molar-refractivity contribution in [2.45, 2.75) is 45.4 Å². The van der Waals surface area contributed by atoms with Gasteiger partial charge in [-0.2, -0.15) is 0 Å². The van der Waals surface area contributed by atoms with E-state index in [9.17, 15) is 9.59 Å². The molecule has 0 heterocycles. The molecule has 1 N–H and O–H groups in total. The van der Waals surface area contributed by atoms with Crippen LogP contribution in [0.25, 0.3) is 0 Å². The van der Waals surface area contributed by atoms with Crippen LogP contribution in [0, 0.1) is 0 Å². The zero-order valence-corrected chi connectivity index (χ0v) is 9.46. The molecule has 4 heteroatoms. The Bertz CT molecular complexity index is 171. The van der Waals surface area contributed by atoms with Gasteiger partial charge >= 0.3 is 5.97 Å². The second-order valence-corrected chi connectivity index (χ2v) is 3.46. The van der Waals surface area contributed by atoms with Gasteiger partial charge in [0.05, 0.1) is 6.61 Å². The van der Waals surface area contributed by atoms with E-state index in [1.54, 1.807) is 0 Å². The van der Waals surface area contributed by atoms with E-state index in [4.69, 9.17) is 4.74 Å². The minimum Gasteiger partial charge on any atom is -0.466 e. The Hall–Kier alpha value is -1.06. The third-order valence-electron chi connectivity index (χ3n) is 2.00. The van der Waals surface area contributed by atoms with E-state index in [-0.39, 0.29) is 5.97 Å². The molecule has 0 saturated carbocycles. The molecule has 0 fully saturated rings. The Balaban J connectivity index is 3.09. The van der Waals surface area contributed by atoms with E-state index < -0.39 is 0 Å². The molecule has 0 atom stereocenters. The Kier molecular flexibility index (Phi) is 10.2. The van der Waals surface area contributed by atoms with Crippen LogP contribution in [0.5, 0.6) is 0 Å². The van der Waals surface area contributed by atoms with E-state index in [0.29, 0.717) is 19.4 Å². The largest absolute Gasteiger partial charge is 0.466 e. The third-order valence-corrected chi connectivity index (χ3v) is 2.00. The Labute approximate surface area is 91.4 Å². The number of hydrogen-bond donors (Lipinski definition) is 1. The van der Waals surface area contributed by atoms with Crippen molar-refractivity contribution in [1.82, 2.24) is 5.32 Å². The quantitative estimate of drug-likeness (QED) is 0.342. The molecule has 88 valence electrons. The summed E-state index contributed by atoms with van der Waals surface area (Å²) < 4.78 is 4.94. The average molecular weight is 215 g/mol. The van der Waals surface area contributed by atoms with Gasteiger partial charge in [0.25, 0.3) is 0 Å². The zero-order valence-electron chi connectivity index (χ0n) is 9.46. The molecule has 0 aromatic heterocycles. The molecule has 0 spiro atoms. The lowest BCUT2D eigenvalue weighted by Gasteiger charge is -2.02. The minimum absolute atomic E-state index is 0.0946. The van der Waals surface area contributed by atoms with Gasteiger partial charge in [-0.05, 0) is 19.3 Å². The summed E-state index contributed by atoms with van der Waals surface area (Å²) in [6.45, 7) is 3.24. The third kappa shape index (κ3) is 10.9. The first-order valence-electron chi connectivity index (χ1n) is 5.64.